The second kappa shape index (κ2) is 6.28. The summed E-state index contributed by atoms with van der Waals surface area (Å²) in [5.41, 5.74) is 6.45. The van der Waals surface area contributed by atoms with E-state index in [4.69, 9.17) is 10.3 Å². The molecule has 0 bridgehead atoms. The smallest absolute Gasteiger partial charge is 0.297 e. The average Bonchev–Trinajstić information content (AvgIpc) is 3.33. The Hall–Kier alpha value is -2.61. The first-order valence-corrected chi connectivity index (χ1v) is 8.83. The molecule has 2 heterocycles. The number of rotatable bonds is 4. The molecule has 1 aromatic carbocycles. The number of hydrogen-bond acceptors (Lipinski definition) is 6. The maximum absolute atomic E-state index is 13.6. The molecule has 0 amide bonds. The van der Waals surface area contributed by atoms with Crippen molar-refractivity contribution in [2.24, 2.45) is 5.73 Å². The van der Waals surface area contributed by atoms with Gasteiger partial charge in [0.25, 0.3) is 5.89 Å². The molecular weight excluding hydrogens is 335 g/mol. The van der Waals surface area contributed by atoms with Gasteiger partial charge in [0.1, 0.15) is 11.6 Å². The minimum Gasteiger partial charge on any atom is -0.330 e. The Balaban J connectivity index is 1.74. The van der Waals surface area contributed by atoms with Gasteiger partial charge in [0, 0.05) is 5.92 Å². The molecule has 2 N–H and O–H groups in total. The van der Waals surface area contributed by atoms with Crippen LogP contribution in [-0.2, 0) is 5.54 Å². The highest BCUT2D eigenvalue weighted by Crippen LogP contribution is 2.35. The van der Waals surface area contributed by atoms with Gasteiger partial charge < -0.3 is 10.3 Å². The lowest BCUT2D eigenvalue weighted by Crippen LogP contribution is -2.34. The van der Waals surface area contributed by atoms with Crippen molar-refractivity contribution < 1.29 is 8.91 Å². The van der Waals surface area contributed by atoms with Gasteiger partial charge in [0.2, 0.25) is 5.82 Å². The Morgan fingerprint density at radius 3 is 2.69 bits per heavy atom. The molecule has 0 radical (unpaired) electrons. The topological polar surface area (TPSA) is 95.7 Å². The number of benzene rings is 1. The number of aromatic nitrogens is 5. The van der Waals surface area contributed by atoms with Gasteiger partial charge in [-0.15, -0.1) is 5.10 Å². The molecule has 4 rings (SSSR count). The summed E-state index contributed by atoms with van der Waals surface area (Å²) in [5.74, 6) is 1.48. The normalized spacial score (nSPS) is 16.5. The van der Waals surface area contributed by atoms with E-state index in [9.17, 15) is 4.39 Å². The third-order valence-electron chi connectivity index (χ3n) is 4.76. The first-order chi connectivity index (χ1) is 12.5. The fourth-order valence-corrected chi connectivity index (χ4v) is 3.33. The Labute approximate surface area is 150 Å². The van der Waals surface area contributed by atoms with Gasteiger partial charge in [0.05, 0.1) is 11.2 Å². The van der Waals surface area contributed by atoms with Crippen molar-refractivity contribution in [2.75, 3.05) is 0 Å². The van der Waals surface area contributed by atoms with Crippen molar-refractivity contribution in [2.45, 2.75) is 51.0 Å². The molecule has 0 spiro atoms. The largest absolute Gasteiger partial charge is 0.330 e. The second-order valence-electron chi connectivity index (χ2n) is 7.13. The summed E-state index contributed by atoms with van der Waals surface area (Å²) < 4.78 is 20.6. The van der Waals surface area contributed by atoms with E-state index >= 15 is 0 Å². The Kier molecular flexibility index (Phi) is 4.07. The molecule has 7 nitrogen and oxygen atoms in total. The summed E-state index contributed by atoms with van der Waals surface area (Å²) >= 11 is 0. The molecule has 8 heteroatoms. The monoisotopic (exact) mass is 356 g/mol. The first-order valence-electron chi connectivity index (χ1n) is 8.83. The van der Waals surface area contributed by atoms with Crippen LogP contribution in [0.4, 0.5) is 4.39 Å². The van der Waals surface area contributed by atoms with Crippen molar-refractivity contribution in [1.82, 2.24) is 24.9 Å². The minimum absolute atomic E-state index is 0.0811. The van der Waals surface area contributed by atoms with Crippen LogP contribution in [0.2, 0.25) is 0 Å². The van der Waals surface area contributed by atoms with E-state index in [1.165, 1.54) is 12.1 Å². The molecule has 26 heavy (non-hydrogen) atoms. The van der Waals surface area contributed by atoms with Gasteiger partial charge in [-0.3, -0.25) is 0 Å². The summed E-state index contributed by atoms with van der Waals surface area (Å²) in [6, 6.07) is 6.22. The zero-order valence-corrected chi connectivity index (χ0v) is 14.8. The molecule has 136 valence electrons. The van der Waals surface area contributed by atoms with Crippen LogP contribution < -0.4 is 5.73 Å². The molecule has 1 fully saturated rings. The lowest BCUT2D eigenvalue weighted by atomic mass is 9.99. The number of nitrogens with zero attached hydrogens (tertiary/aromatic N) is 5. The van der Waals surface area contributed by atoms with Gasteiger partial charge in [-0.05, 0) is 31.0 Å². The lowest BCUT2D eigenvalue weighted by Gasteiger charge is -2.17. The second-order valence-corrected chi connectivity index (χ2v) is 7.13. The van der Waals surface area contributed by atoms with E-state index < -0.39 is 5.54 Å². The number of nitrogens with two attached hydrogens (primary N) is 1. The average molecular weight is 356 g/mol. The first kappa shape index (κ1) is 16.8. The highest BCUT2D eigenvalue weighted by molar-refractivity contribution is 5.42. The number of halogens is 1. The van der Waals surface area contributed by atoms with E-state index in [0.29, 0.717) is 23.2 Å². The SMILES string of the molecule is CC(C)c1nc(-c2nc(C3(N)CCCC3)no2)nn1-c1cccc(F)c1. The van der Waals surface area contributed by atoms with Crippen LogP contribution in [0.25, 0.3) is 17.4 Å². The molecular formula is C18H21FN6O. The van der Waals surface area contributed by atoms with Gasteiger partial charge in [-0.25, -0.2) is 14.1 Å². The Morgan fingerprint density at radius 1 is 1.23 bits per heavy atom. The van der Waals surface area contributed by atoms with Crippen molar-refractivity contribution in [3.63, 3.8) is 0 Å². The van der Waals surface area contributed by atoms with Crippen molar-refractivity contribution in [3.05, 3.63) is 41.7 Å². The maximum Gasteiger partial charge on any atom is 0.297 e. The highest BCUT2D eigenvalue weighted by Gasteiger charge is 2.36. The van der Waals surface area contributed by atoms with E-state index in [-0.39, 0.29) is 17.6 Å². The van der Waals surface area contributed by atoms with Crippen molar-refractivity contribution in [3.8, 4) is 17.4 Å². The van der Waals surface area contributed by atoms with Crippen LogP contribution in [-0.4, -0.2) is 24.9 Å². The lowest BCUT2D eigenvalue weighted by molar-refractivity contribution is 0.372. The quantitative estimate of drug-likeness (QED) is 0.770. The summed E-state index contributed by atoms with van der Waals surface area (Å²) in [6.45, 7) is 3.99. The van der Waals surface area contributed by atoms with Crippen molar-refractivity contribution >= 4 is 0 Å². The molecule has 3 aromatic rings. The standard InChI is InChI=1S/C18H21FN6O/c1-11(2)15-21-14(23-25(15)13-7-5-6-12(19)10-13)16-22-17(24-26-16)18(20)8-3-4-9-18/h5-7,10-11H,3-4,8-9,20H2,1-2H3. The van der Waals surface area contributed by atoms with Crippen LogP contribution in [0, 0.1) is 5.82 Å². The number of hydrogen-bond donors (Lipinski definition) is 1. The fraction of sp³-hybridized carbons (Fsp3) is 0.444. The predicted molar refractivity (Wildman–Crippen MR) is 93.0 cm³/mol. The summed E-state index contributed by atoms with van der Waals surface area (Å²) in [4.78, 5) is 8.99. The third-order valence-corrected chi connectivity index (χ3v) is 4.76. The zero-order valence-electron chi connectivity index (χ0n) is 14.8. The third kappa shape index (κ3) is 2.90. The van der Waals surface area contributed by atoms with Crippen molar-refractivity contribution in [1.29, 1.82) is 0 Å². The molecule has 1 saturated carbocycles. The summed E-state index contributed by atoms with van der Waals surface area (Å²) in [6.07, 6.45) is 3.80. The Bertz CT molecular complexity index is 925. The summed E-state index contributed by atoms with van der Waals surface area (Å²) in [5, 5.41) is 8.53. The molecule has 0 atom stereocenters. The van der Waals surface area contributed by atoms with Crippen LogP contribution >= 0.6 is 0 Å². The van der Waals surface area contributed by atoms with E-state index in [1.54, 1.807) is 16.8 Å². The molecule has 1 aliphatic rings. The highest BCUT2D eigenvalue weighted by atomic mass is 19.1. The van der Waals surface area contributed by atoms with E-state index in [1.807, 2.05) is 13.8 Å². The predicted octanol–water partition coefficient (Wildman–Crippen LogP) is 3.31. The molecule has 0 saturated heterocycles. The van der Waals surface area contributed by atoms with Gasteiger partial charge in [-0.1, -0.05) is 37.9 Å². The zero-order chi connectivity index (χ0) is 18.3. The van der Waals surface area contributed by atoms with Gasteiger partial charge in [0.15, 0.2) is 5.82 Å². The van der Waals surface area contributed by atoms with Gasteiger partial charge in [-0.2, -0.15) is 4.98 Å². The molecule has 1 aliphatic carbocycles. The fourth-order valence-electron chi connectivity index (χ4n) is 3.33. The van der Waals surface area contributed by atoms with E-state index in [2.05, 4.69) is 20.2 Å². The summed E-state index contributed by atoms with van der Waals surface area (Å²) in [7, 11) is 0. The van der Waals surface area contributed by atoms with E-state index in [0.717, 1.165) is 25.7 Å². The van der Waals surface area contributed by atoms with Crippen LogP contribution in [0.1, 0.15) is 57.1 Å². The van der Waals surface area contributed by atoms with Gasteiger partial charge >= 0.3 is 0 Å². The maximum atomic E-state index is 13.6. The molecule has 0 unspecified atom stereocenters. The van der Waals surface area contributed by atoms with Crippen LogP contribution in [0.15, 0.2) is 28.8 Å². The van der Waals surface area contributed by atoms with Crippen LogP contribution in [0.3, 0.4) is 0 Å². The van der Waals surface area contributed by atoms with Crippen LogP contribution in [0.5, 0.6) is 0 Å². The Morgan fingerprint density at radius 2 is 2.00 bits per heavy atom. The minimum atomic E-state index is -0.534. The molecule has 2 aromatic heterocycles. The molecule has 0 aliphatic heterocycles.